The van der Waals surface area contributed by atoms with E-state index in [2.05, 4.69) is 10.3 Å². The summed E-state index contributed by atoms with van der Waals surface area (Å²) in [7, 11) is 0. The minimum absolute atomic E-state index is 0.0760. The lowest BCUT2D eigenvalue weighted by Crippen LogP contribution is -2.45. The van der Waals surface area contributed by atoms with Crippen LogP contribution in [-0.2, 0) is 16.1 Å². The summed E-state index contributed by atoms with van der Waals surface area (Å²) < 4.78 is 5.43. The van der Waals surface area contributed by atoms with Crippen molar-refractivity contribution < 1.29 is 14.3 Å². The van der Waals surface area contributed by atoms with E-state index in [-0.39, 0.29) is 18.4 Å². The highest BCUT2D eigenvalue weighted by molar-refractivity contribution is 7.13. The first kappa shape index (κ1) is 19.8. The number of hydrogen-bond donors (Lipinski definition) is 1. The van der Waals surface area contributed by atoms with E-state index in [4.69, 9.17) is 4.74 Å². The summed E-state index contributed by atoms with van der Waals surface area (Å²) in [6, 6.07) is 17.9. The molecule has 3 rings (SSSR count). The van der Waals surface area contributed by atoms with Gasteiger partial charge in [-0.25, -0.2) is 9.78 Å². The molecule has 1 N–H and O–H groups in total. The highest BCUT2D eigenvalue weighted by Gasteiger charge is 2.26. The van der Waals surface area contributed by atoms with Gasteiger partial charge in [0.15, 0.2) is 0 Å². The second kappa shape index (κ2) is 9.28. The van der Waals surface area contributed by atoms with E-state index < -0.39 is 12.0 Å². The molecule has 0 saturated heterocycles. The first-order valence-electron chi connectivity index (χ1n) is 9.07. The summed E-state index contributed by atoms with van der Waals surface area (Å²) in [5.74, 6) is -0.861. The number of rotatable bonds is 7. The van der Waals surface area contributed by atoms with Crippen LogP contribution in [0.25, 0.3) is 10.6 Å². The van der Waals surface area contributed by atoms with Crippen LogP contribution >= 0.6 is 11.3 Å². The molecule has 1 aromatic heterocycles. The molecule has 0 aliphatic carbocycles. The Bertz CT molecular complexity index is 923. The van der Waals surface area contributed by atoms with E-state index in [0.29, 0.717) is 11.3 Å². The van der Waals surface area contributed by atoms with E-state index in [9.17, 15) is 9.59 Å². The van der Waals surface area contributed by atoms with Crippen LogP contribution in [0.5, 0.6) is 0 Å². The number of thiazole rings is 1. The standard InChI is InChI=1S/C22H22N2O3S/c1-15(2)19(24-20(25)16-9-5-3-6-10-16)22(26)27-13-18-14-28-21(23-18)17-11-7-4-8-12-17/h3-12,14-15,19H,13H2,1-2H3,(H,24,25)/t19-/m1/s1. The van der Waals surface area contributed by atoms with Crippen molar-refractivity contribution in [2.24, 2.45) is 5.92 Å². The molecule has 0 radical (unpaired) electrons. The quantitative estimate of drug-likeness (QED) is 0.607. The number of aromatic nitrogens is 1. The fourth-order valence-corrected chi connectivity index (χ4v) is 3.44. The Morgan fingerprint density at radius 1 is 1.04 bits per heavy atom. The Kier molecular flexibility index (Phi) is 6.55. The van der Waals surface area contributed by atoms with Crippen LogP contribution < -0.4 is 5.32 Å². The number of ether oxygens (including phenoxy) is 1. The molecule has 0 bridgehead atoms. The average molecular weight is 394 g/mol. The predicted molar refractivity (Wildman–Crippen MR) is 110 cm³/mol. The lowest BCUT2D eigenvalue weighted by molar-refractivity contribution is -0.148. The van der Waals surface area contributed by atoms with Gasteiger partial charge in [-0.1, -0.05) is 62.4 Å². The minimum atomic E-state index is -0.722. The Labute approximate surface area is 168 Å². The van der Waals surface area contributed by atoms with Crippen molar-refractivity contribution in [1.82, 2.24) is 10.3 Å². The van der Waals surface area contributed by atoms with E-state index in [0.717, 1.165) is 10.6 Å². The maximum atomic E-state index is 12.5. The number of nitrogens with zero attached hydrogens (tertiary/aromatic N) is 1. The topological polar surface area (TPSA) is 68.3 Å². The smallest absolute Gasteiger partial charge is 0.329 e. The molecule has 2 aromatic carbocycles. The zero-order valence-electron chi connectivity index (χ0n) is 15.8. The second-order valence-electron chi connectivity index (χ2n) is 6.68. The van der Waals surface area contributed by atoms with Crippen LogP contribution in [0.15, 0.2) is 66.0 Å². The van der Waals surface area contributed by atoms with Crippen LogP contribution in [-0.4, -0.2) is 22.9 Å². The van der Waals surface area contributed by atoms with Crippen LogP contribution in [0.4, 0.5) is 0 Å². The van der Waals surface area contributed by atoms with E-state index >= 15 is 0 Å². The normalized spacial score (nSPS) is 11.8. The van der Waals surface area contributed by atoms with Crippen molar-refractivity contribution in [3.8, 4) is 10.6 Å². The van der Waals surface area contributed by atoms with Crippen molar-refractivity contribution >= 4 is 23.2 Å². The van der Waals surface area contributed by atoms with Gasteiger partial charge in [0.1, 0.15) is 17.7 Å². The van der Waals surface area contributed by atoms with Gasteiger partial charge in [-0.3, -0.25) is 4.79 Å². The first-order valence-corrected chi connectivity index (χ1v) is 9.95. The minimum Gasteiger partial charge on any atom is -0.458 e. The molecule has 5 nitrogen and oxygen atoms in total. The summed E-state index contributed by atoms with van der Waals surface area (Å²) in [6.45, 7) is 3.81. The Balaban J connectivity index is 1.60. The average Bonchev–Trinajstić information content (AvgIpc) is 3.20. The molecule has 0 unspecified atom stereocenters. The third kappa shape index (κ3) is 5.04. The van der Waals surface area contributed by atoms with Gasteiger partial charge in [-0.2, -0.15) is 0 Å². The van der Waals surface area contributed by atoms with Crippen LogP contribution in [0.3, 0.4) is 0 Å². The predicted octanol–water partition coefficient (Wildman–Crippen LogP) is 4.31. The van der Waals surface area contributed by atoms with E-state index in [1.54, 1.807) is 24.3 Å². The molecule has 144 valence electrons. The Morgan fingerprint density at radius 2 is 1.68 bits per heavy atom. The maximum Gasteiger partial charge on any atom is 0.329 e. The number of esters is 1. The van der Waals surface area contributed by atoms with E-state index in [1.165, 1.54) is 11.3 Å². The first-order chi connectivity index (χ1) is 13.5. The van der Waals surface area contributed by atoms with Gasteiger partial charge in [0.25, 0.3) is 5.91 Å². The van der Waals surface area contributed by atoms with Crippen molar-refractivity contribution in [3.05, 3.63) is 77.3 Å². The molecule has 3 aromatic rings. The zero-order valence-corrected chi connectivity index (χ0v) is 16.6. The van der Waals surface area contributed by atoms with Gasteiger partial charge in [-0.15, -0.1) is 11.3 Å². The second-order valence-corrected chi connectivity index (χ2v) is 7.54. The highest BCUT2D eigenvalue weighted by Crippen LogP contribution is 2.23. The molecular weight excluding hydrogens is 372 g/mol. The number of benzene rings is 2. The number of hydrogen-bond acceptors (Lipinski definition) is 5. The van der Waals surface area contributed by atoms with Crippen LogP contribution in [0.2, 0.25) is 0 Å². The van der Waals surface area contributed by atoms with Crippen LogP contribution in [0, 0.1) is 5.92 Å². The van der Waals surface area contributed by atoms with Gasteiger partial charge in [0.05, 0.1) is 5.69 Å². The Morgan fingerprint density at radius 3 is 2.32 bits per heavy atom. The molecular formula is C22H22N2O3S. The number of nitrogens with one attached hydrogen (secondary N) is 1. The fourth-order valence-electron chi connectivity index (χ4n) is 2.63. The summed E-state index contributed by atoms with van der Waals surface area (Å²) >= 11 is 1.50. The fraction of sp³-hybridized carbons (Fsp3) is 0.227. The highest BCUT2D eigenvalue weighted by atomic mass is 32.1. The van der Waals surface area contributed by atoms with E-state index in [1.807, 2.05) is 55.6 Å². The molecule has 6 heteroatoms. The lowest BCUT2D eigenvalue weighted by atomic mass is 10.0. The lowest BCUT2D eigenvalue weighted by Gasteiger charge is -2.20. The van der Waals surface area contributed by atoms with Crippen molar-refractivity contribution in [2.45, 2.75) is 26.5 Å². The maximum absolute atomic E-state index is 12.5. The molecule has 28 heavy (non-hydrogen) atoms. The van der Waals surface area contributed by atoms with Gasteiger partial charge >= 0.3 is 5.97 Å². The number of carbonyl (C=O) groups is 2. The molecule has 0 saturated carbocycles. The molecule has 1 amide bonds. The van der Waals surface area contributed by atoms with Crippen molar-refractivity contribution in [1.29, 1.82) is 0 Å². The van der Waals surface area contributed by atoms with Gasteiger partial charge in [0, 0.05) is 16.5 Å². The molecule has 0 fully saturated rings. The monoisotopic (exact) mass is 394 g/mol. The zero-order chi connectivity index (χ0) is 19.9. The van der Waals surface area contributed by atoms with Crippen molar-refractivity contribution in [3.63, 3.8) is 0 Å². The van der Waals surface area contributed by atoms with Gasteiger partial charge in [0.2, 0.25) is 0 Å². The number of carbonyl (C=O) groups excluding carboxylic acids is 2. The summed E-state index contributed by atoms with van der Waals surface area (Å²) in [6.07, 6.45) is 0. The summed E-state index contributed by atoms with van der Waals surface area (Å²) in [5.41, 5.74) is 2.22. The third-order valence-corrected chi connectivity index (χ3v) is 5.12. The van der Waals surface area contributed by atoms with Gasteiger partial charge in [-0.05, 0) is 18.1 Å². The van der Waals surface area contributed by atoms with Gasteiger partial charge < -0.3 is 10.1 Å². The van der Waals surface area contributed by atoms with Crippen LogP contribution in [0.1, 0.15) is 29.9 Å². The summed E-state index contributed by atoms with van der Waals surface area (Å²) in [5, 5.41) is 5.53. The number of amides is 1. The molecule has 0 aliphatic rings. The SMILES string of the molecule is CC(C)[C@@H](NC(=O)c1ccccc1)C(=O)OCc1csc(-c2ccccc2)n1. The molecule has 0 spiro atoms. The van der Waals surface area contributed by atoms with Crippen molar-refractivity contribution in [2.75, 3.05) is 0 Å². The molecule has 0 aliphatic heterocycles. The third-order valence-electron chi connectivity index (χ3n) is 4.18. The Hall–Kier alpha value is -2.99. The largest absolute Gasteiger partial charge is 0.458 e. The molecule has 1 atom stereocenters. The summed E-state index contributed by atoms with van der Waals surface area (Å²) in [4.78, 5) is 29.4. The molecule has 1 heterocycles.